The third-order valence-electron chi connectivity index (χ3n) is 4.89. The van der Waals surface area contributed by atoms with Crippen LogP contribution in [-0.2, 0) is 6.18 Å². The monoisotopic (exact) mass is 362 g/mol. The van der Waals surface area contributed by atoms with Crippen LogP contribution in [0.2, 0.25) is 0 Å². The summed E-state index contributed by atoms with van der Waals surface area (Å²) in [6.45, 7) is 0. The van der Waals surface area contributed by atoms with Crippen molar-refractivity contribution in [3.05, 3.63) is 84.4 Å². The van der Waals surface area contributed by atoms with Crippen molar-refractivity contribution in [1.82, 2.24) is 0 Å². The Bertz CT molecular complexity index is 1300. The van der Waals surface area contributed by atoms with Crippen LogP contribution >= 0.6 is 0 Å². The minimum absolute atomic E-state index is 0.121. The van der Waals surface area contributed by atoms with Gasteiger partial charge in [0, 0.05) is 16.3 Å². The molecular formula is C23H13F3O. The van der Waals surface area contributed by atoms with Gasteiger partial charge < -0.3 is 4.42 Å². The molecule has 5 rings (SSSR count). The molecule has 0 spiro atoms. The van der Waals surface area contributed by atoms with Crippen LogP contribution in [0.4, 0.5) is 13.2 Å². The molecule has 4 heteroatoms. The fourth-order valence-corrected chi connectivity index (χ4v) is 3.79. The van der Waals surface area contributed by atoms with Gasteiger partial charge in [0.2, 0.25) is 0 Å². The second-order valence-electron chi connectivity index (χ2n) is 6.47. The number of fused-ring (bicyclic) bond motifs is 6. The Morgan fingerprint density at radius 1 is 0.593 bits per heavy atom. The van der Waals surface area contributed by atoms with Gasteiger partial charge in [0.05, 0.1) is 0 Å². The van der Waals surface area contributed by atoms with Gasteiger partial charge in [0.1, 0.15) is 16.9 Å². The third kappa shape index (κ3) is 2.33. The number of rotatable bonds is 1. The highest BCUT2D eigenvalue weighted by Crippen LogP contribution is 2.48. The molecule has 1 aromatic heterocycles. The van der Waals surface area contributed by atoms with E-state index in [2.05, 4.69) is 0 Å². The molecule has 0 atom stereocenters. The first-order valence-electron chi connectivity index (χ1n) is 8.54. The molecule has 0 saturated carbocycles. The molecule has 0 fully saturated rings. The average Bonchev–Trinajstić information content (AvgIpc) is 3.10. The molecule has 4 aromatic carbocycles. The summed E-state index contributed by atoms with van der Waals surface area (Å²) in [5.41, 5.74) is -0.0321. The smallest absolute Gasteiger partial charge is 0.420 e. The molecule has 0 saturated heterocycles. The van der Waals surface area contributed by atoms with Gasteiger partial charge in [-0.3, -0.25) is 0 Å². The Kier molecular flexibility index (Phi) is 3.31. The highest BCUT2D eigenvalue weighted by molar-refractivity contribution is 6.25. The van der Waals surface area contributed by atoms with E-state index >= 15 is 0 Å². The first kappa shape index (κ1) is 15.9. The Hall–Kier alpha value is -3.27. The quantitative estimate of drug-likeness (QED) is 0.283. The van der Waals surface area contributed by atoms with Crippen molar-refractivity contribution in [3.63, 3.8) is 0 Å². The van der Waals surface area contributed by atoms with Crippen LogP contribution in [0, 0.1) is 0 Å². The van der Waals surface area contributed by atoms with Crippen LogP contribution in [-0.4, -0.2) is 0 Å². The summed E-state index contributed by atoms with van der Waals surface area (Å²) in [6, 6.07) is 23.0. The molecule has 0 unspecified atom stereocenters. The average molecular weight is 362 g/mol. The van der Waals surface area contributed by atoms with Crippen LogP contribution in [0.1, 0.15) is 5.56 Å². The molecule has 0 aliphatic rings. The molecule has 0 N–H and O–H groups in total. The minimum atomic E-state index is -4.54. The zero-order valence-corrected chi connectivity index (χ0v) is 14.0. The van der Waals surface area contributed by atoms with Gasteiger partial charge >= 0.3 is 6.18 Å². The van der Waals surface area contributed by atoms with Crippen molar-refractivity contribution >= 4 is 32.5 Å². The lowest BCUT2D eigenvalue weighted by atomic mass is 9.95. The normalized spacial score (nSPS) is 12.3. The van der Waals surface area contributed by atoms with E-state index in [0.29, 0.717) is 16.3 Å². The second-order valence-corrected chi connectivity index (χ2v) is 6.47. The molecule has 5 aromatic rings. The zero-order valence-electron chi connectivity index (χ0n) is 14.0. The molecule has 1 nitrogen and oxygen atoms in total. The second kappa shape index (κ2) is 5.61. The molecule has 0 aliphatic carbocycles. The molecule has 132 valence electrons. The lowest BCUT2D eigenvalue weighted by Crippen LogP contribution is -2.05. The first-order valence-corrected chi connectivity index (χ1v) is 8.54. The van der Waals surface area contributed by atoms with Crippen molar-refractivity contribution in [2.45, 2.75) is 6.18 Å². The number of furan rings is 1. The summed E-state index contributed by atoms with van der Waals surface area (Å²) in [5.74, 6) is -0.139. The van der Waals surface area contributed by atoms with E-state index in [4.69, 9.17) is 4.42 Å². The maximum atomic E-state index is 14.2. The fourth-order valence-electron chi connectivity index (χ4n) is 3.79. The standard InChI is InChI=1S/C23H13F3O/c24-23(25,26)20-19-17-12-6-4-10-15(17)16-11-5-7-13-18(16)22(19)27-21(20)14-8-2-1-3-9-14/h1-13H. The first-order chi connectivity index (χ1) is 13.1. The zero-order chi connectivity index (χ0) is 18.6. The number of benzene rings is 4. The molecule has 0 bridgehead atoms. The summed E-state index contributed by atoms with van der Waals surface area (Å²) >= 11 is 0. The molecule has 0 amide bonds. The van der Waals surface area contributed by atoms with Crippen molar-refractivity contribution in [2.75, 3.05) is 0 Å². The van der Waals surface area contributed by atoms with Gasteiger partial charge in [-0.25, -0.2) is 0 Å². The van der Waals surface area contributed by atoms with Gasteiger partial charge in [0.15, 0.2) is 0 Å². The van der Waals surface area contributed by atoms with E-state index in [1.54, 1.807) is 42.5 Å². The van der Waals surface area contributed by atoms with Gasteiger partial charge in [-0.1, -0.05) is 78.9 Å². The van der Waals surface area contributed by atoms with Crippen molar-refractivity contribution in [3.8, 4) is 11.3 Å². The van der Waals surface area contributed by atoms with Crippen molar-refractivity contribution < 1.29 is 17.6 Å². The molecule has 0 radical (unpaired) electrons. The van der Waals surface area contributed by atoms with Crippen molar-refractivity contribution in [2.24, 2.45) is 0 Å². The number of alkyl halides is 3. The summed E-state index contributed by atoms with van der Waals surface area (Å²) in [6.07, 6.45) is -4.54. The molecule has 0 aliphatic heterocycles. The molecular weight excluding hydrogens is 349 g/mol. The number of hydrogen-bond acceptors (Lipinski definition) is 1. The van der Waals surface area contributed by atoms with E-state index in [-0.39, 0.29) is 16.7 Å². The van der Waals surface area contributed by atoms with E-state index in [9.17, 15) is 13.2 Å². The SMILES string of the molecule is FC(F)(F)c1c(-c2ccccc2)oc2c3ccccc3c3ccccc3c12. The topological polar surface area (TPSA) is 13.1 Å². The number of hydrogen-bond donors (Lipinski definition) is 0. The van der Waals surface area contributed by atoms with Crippen LogP contribution in [0.3, 0.4) is 0 Å². The van der Waals surface area contributed by atoms with Gasteiger partial charge in [-0.2, -0.15) is 13.2 Å². The maximum absolute atomic E-state index is 14.2. The summed E-state index contributed by atoms with van der Waals surface area (Å²) in [7, 11) is 0. The van der Waals surface area contributed by atoms with E-state index in [1.807, 2.05) is 36.4 Å². The Morgan fingerprint density at radius 3 is 1.74 bits per heavy atom. The lowest BCUT2D eigenvalue weighted by Gasteiger charge is -2.10. The highest BCUT2D eigenvalue weighted by atomic mass is 19.4. The van der Waals surface area contributed by atoms with E-state index < -0.39 is 11.7 Å². The van der Waals surface area contributed by atoms with E-state index in [0.717, 1.165) is 10.8 Å². The predicted molar refractivity (Wildman–Crippen MR) is 102 cm³/mol. The number of halogens is 3. The maximum Gasteiger partial charge on any atom is 0.420 e. The summed E-state index contributed by atoms with van der Waals surface area (Å²) in [5, 5.41) is 3.01. The molecule has 1 heterocycles. The Balaban J connectivity index is 2.08. The van der Waals surface area contributed by atoms with Gasteiger partial charge in [0.25, 0.3) is 0 Å². The summed E-state index contributed by atoms with van der Waals surface area (Å²) in [4.78, 5) is 0. The van der Waals surface area contributed by atoms with E-state index in [1.165, 1.54) is 0 Å². The van der Waals surface area contributed by atoms with Gasteiger partial charge in [-0.05, 0) is 16.2 Å². The van der Waals surface area contributed by atoms with Crippen LogP contribution in [0.15, 0.2) is 83.3 Å². The third-order valence-corrected chi connectivity index (χ3v) is 4.89. The minimum Gasteiger partial charge on any atom is -0.455 e. The van der Waals surface area contributed by atoms with Crippen LogP contribution in [0.5, 0.6) is 0 Å². The van der Waals surface area contributed by atoms with Crippen LogP contribution in [0.25, 0.3) is 43.8 Å². The highest BCUT2D eigenvalue weighted by Gasteiger charge is 2.40. The van der Waals surface area contributed by atoms with Gasteiger partial charge in [-0.15, -0.1) is 0 Å². The molecule has 27 heavy (non-hydrogen) atoms. The summed E-state index contributed by atoms with van der Waals surface area (Å²) < 4.78 is 48.4. The predicted octanol–water partition coefficient (Wildman–Crippen LogP) is 7.43. The Morgan fingerprint density at radius 2 is 1.11 bits per heavy atom. The Labute approximate surface area is 152 Å². The van der Waals surface area contributed by atoms with Crippen molar-refractivity contribution in [1.29, 1.82) is 0 Å². The largest absolute Gasteiger partial charge is 0.455 e. The fraction of sp³-hybridized carbons (Fsp3) is 0.0435. The lowest BCUT2D eigenvalue weighted by molar-refractivity contribution is -0.136. The van der Waals surface area contributed by atoms with Crippen LogP contribution < -0.4 is 0 Å².